The van der Waals surface area contributed by atoms with E-state index in [9.17, 15) is 18.5 Å². The van der Waals surface area contributed by atoms with Gasteiger partial charge in [-0.25, -0.2) is 0 Å². The maximum atomic E-state index is 12.5. The number of hydrogen-bond acceptors (Lipinski definition) is 6. The van der Waals surface area contributed by atoms with Crippen LogP contribution < -0.4 is 4.18 Å². The van der Waals surface area contributed by atoms with Crippen molar-refractivity contribution in [2.24, 2.45) is 0 Å². The Hall–Kier alpha value is -2.45. The largest absolute Gasteiger partial charge is 0.384 e. The van der Waals surface area contributed by atoms with Gasteiger partial charge in [-0.2, -0.15) is 8.42 Å². The number of ether oxygens (including phenoxy) is 1. The summed E-state index contributed by atoms with van der Waals surface area (Å²) in [7, 11) is -2.72. The molecular formula is C16H17NO6S. The van der Waals surface area contributed by atoms with Crippen LogP contribution in [0.25, 0.3) is 0 Å². The van der Waals surface area contributed by atoms with Gasteiger partial charge in [-0.05, 0) is 36.6 Å². The first kappa shape index (κ1) is 17.9. The fraction of sp³-hybridized carbons (Fsp3) is 0.250. The third-order valence-corrected chi connectivity index (χ3v) is 4.80. The van der Waals surface area contributed by atoms with Crippen molar-refractivity contribution >= 4 is 15.8 Å². The standard InChI is InChI=1S/C16H17NO6S/c1-12-4-3-5-15(17(18)19)16(12)24(20,21)23-14-8-6-13(7-9-14)10-11-22-2/h3-9H,10-11H2,1-2H3. The molecule has 24 heavy (non-hydrogen) atoms. The van der Waals surface area contributed by atoms with E-state index in [1.54, 1.807) is 19.2 Å². The number of methoxy groups -OCH3 is 1. The van der Waals surface area contributed by atoms with Gasteiger partial charge in [-0.15, -0.1) is 0 Å². The summed E-state index contributed by atoms with van der Waals surface area (Å²) in [6.45, 7) is 2.03. The summed E-state index contributed by atoms with van der Waals surface area (Å²) in [5, 5.41) is 11.1. The van der Waals surface area contributed by atoms with Crippen molar-refractivity contribution in [2.75, 3.05) is 13.7 Å². The molecule has 0 unspecified atom stereocenters. The van der Waals surface area contributed by atoms with Crippen LogP contribution in [0.15, 0.2) is 47.4 Å². The zero-order valence-electron chi connectivity index (χ0n) is 13.3. The molecule has 8 heteroatoms. The van der Waals surface area contributed by atoms with Gasteiger partial charge >= 0.3 is 10.1 Å². The molecule has 128 valence electrons. The Morgan fingerprint density at radius 1 is 1.12 bits per heavy atom. The number of benzene rings is 2. The fourth-order valence-corrected chi connectivity index (χ4v) is 3.51. The minimum atomic E-state index is -4.32. The topological polar surface area (TPSA) is 95.7 Å². The van der Waals surface area contributed by atoms with Crippen LogP contribution >= 0.6 is 0 Å². The lowest BCUT2D eigenvalue weighted by molar-refractivity contribution is -0.388. The molecule has 0 aliphatic carbocycles. The molecule has 0 bridgehead atoms. The van der Waals surface area contributed by atoms with E-state index >= 15 is 0 Å². The van der Waals surface area contributed by atoms with Crippen molar-refractivity contribution in [3.05, 3.63) is 63.7 Å². The minimum absolute atomic E-state index is 0.0914. The molecular weight excluding hydrogens is 334 g/mol. The number of rotatable bonds is 7. The van der Waals surface area contributed by atoms with E-state index in [2.05, 4.69) is 0 Å². The average Bonchev–Trinajstić information content (AvgIpc) is 2.53. The highest BCUT2D eigenvalue weighted by atomic mass is 32.2. The van der Waals surface area contributed by atoms with E-state index < -0.39 is 25.6 Å². The summed E-state index contributed by atoms with van der Waals surface area (Å²) in [5.41, 5.74) is 0.705. The first-order valence-corrected chi connectivity index (χ1v) is 8.52. The maximum absolute atomic E-state index is 12.5. The molecule has 0 amide bonds. The van der Waals surface area contributed by atoms with Crippen LogP contribution in [-0.2, 0) is 21.3 Å². The molecule has 7 nitrogen and oxygen atoms in total. The molecule has 0 saturated carbocycles. The summed E-state index contributed by atoms with van der Waals surface area (Å²) in [5.74, 6) is 0.0914. The SMILES string of the molecule is COCCc1ccc(OS(=O)(=O)c2c(C)cccc2[N+](=O)[O-])cc1. The summed E-state index contributed by atoms with van der Waals surface area (Å²) in [6.07, 6.45) is 0.687. The van der Waals surface area contributed by atoms with Crippen LogP contribution in [0.3, 0.4) is 0 Å². The highest BCUT2D eigenvalue weighted by Crippen LogP contribution is 2.29. The molecule has 0 aromatic heterocycles. The maximum Gasteiger partial charge on any atom is 0.346 e. The van der Waals surface area contributed by atoms with Gasteiger partial charge in [0.15, 0.2) is 4.90 Å². The second-order valence-electron chi connectivity index (χ2n) is 5.10. The highest BCUT2D eigenvalue weighted by Gasteiger charge is 2.29. The van der Waals surface area contributed by atoms with Crippen LogP contribution in [-0.4, -0.2) is 27.1 Å². The smallest absolute Gasteiger partial charge is 0.346 e. The van der Waals surface area contributed by atoms with E-state index in [0.29, 0.717) is 13.0 Å². The molecule has 2 rings (SSSR count). The van der Waals surface area contributed by atoms with Crippen molar-refractivity contribution in [3.63, 3.8) is 0 Å². The lowest BCUT2D eigenvalue weighted by Crippen LogP contribution is -2.13. The number of nitrogens with zero attached hydrogens (tertiary/aromatic N) is 1. The van der Waals surface area contributed by atoms with Gasteiger partial charge in [0.05, 0.1) is 11.5 Å². The van der Waals surface area contributed by atoms with E-state index in [0.717, 1.165) is 11.6 Å². The van der Waals surface area contributed by atoms with Crippen LogP contribution in [0.1, 0.15) is 11.1 Å². The Morgan fingerprint density at radius 2 is 1.79 bits per heavy atom. The van der Waals surface area contributed by atoms with Gasteiger partial charge < -0.3 is 8.92 Å². The van der Waals surface area contributed by atoms with Crippen molar-refractivity contribution in [1.29, 1.82) is 0 Å². The highest BCUT2D eigenvalue weighted by molar-refractivity contribution is 7.87. The van der Waals surface area contributed by atoms with Crippen LogP contribution in [0, 0.1) is 17.0 Å². The molecule has 0 fully saturated rings. The van der Waals surface area contributed by atoms with Gasteiger partial charge in [0.2, 0.25) is 0 Å². The Balaban J connectivity index is 2.31. The van der Waals surface area contributed by atoms with Crippen LogP contribution in [0.2, 0.25) is 0 Å². The Labute approximate surface area is 140 Å². The van der Waals surface area contributed by atoms with E-state index in [1.165, 1.54) is 31.2 Å². The van der Waals surface area contributed by atoms with Gasteiger partial charge in [0.25, 0.3) is 5.69 Å². The summed E-state index contributed by atoms with van der Waals surface area (Å²) < 4.78 is 34.9. The minimum Gasteiger partial charge on any atom is -0.384 e. The van der Waals surface area contributed by atoms with Gasteiger partial charge in [0.1, 0.15) is 5.75 Å². The second-order valence-corrected chi connectivity index (χ2v) is 6.59. The lowest BCUT2D eigenvalue weighted by Gasteiger charge is -2.10. The van der Waals surface area contributed by atoms with E-state index in [4.69, 9.17) is 8.92 Å². The summed E-state index contributed by atoms with van der Waals surface area (Å²) in [6, 6.07) is 10.5. The third-order valence-electron chi connectivity index (χ3n) is 3.36. The molecule has 0 heterocycles. The Bertz CT molecular complexity index is 830. The van der Waals surface area contributed by atoms with Crippen LogP contribution in [0.5, 0.6) is 5.75 Å². The van der Waals surface area contributed by atoms with Crippen molar-refractivity contribution in [3.8, 4) is 5.75 Å². The van der Waals surface area contributed by atoms with E-state index in [1.807, 2.05) is 0 Å². The van der Waals surface area contributed by atoms with Crippen molar-refractivity contribution in [1.82, 2.24) is 0 Å². The first-order chi connectivity index (χ1) is 11.3. The third kappa shape index (κ3) is 4.09. The molecule has 2 aromatic rings. The molecule has 0 spiro atoms. The van der Waals surface area contributed by atoms with Crippen LogP contribution in [0.4, 0.5) is 5.69 Å². The van der Waals surface area contributed by atoms with Crippen molar-refractivity contribution in [2.45, 2.75) is 18.2 Å². The molecule has 0 radical (unpaired) electrons. The summed E-state index contributed by atoms with van der Waals surface area (Å²) >= 11 is 0. The number of nitro benzene ring substituents is 1. The number of aryl methyl sites for hydroxylation is 1. The Kier molecular flexibility index (Phi) is 5.53. The average molecular weight is 351 g/mol. The summed E-state index contributed by atoms with van der Waals surface area (Å²) in [4.78, 5) is 9.92. The monoisotopic (exact) mass is 351 g/mol. The number of hydrogen-bond donors (Lipinski definition) is 0. The van der Waals surface area contributed by atoms with Gasteiger partial charge in [-0.1, -0.05) is 24.3 Å². The Morgan fingerprint density at radius 3 is 2.38 bits per heavy atom. The fourth-order valence-electron chi connectivity index (χ4n) is 2.21. The molecule has 0 aliphatic rings. The molecule has 0 atom stereocenters. The molecule has 0 N–H and O–H groups in total. The zero-order chi connectivity index (χ0) is 17.7. The van der Waals surface area contributed by atoms with E-state index in [-0.39, 0.29) is 11.3 Å². The molecule has 0 aliphatic heterocycles. The van der Waals surface area contributed by atoms with Crippen molar-refractivity contribution < 1.29 is 22.3 Å². The lowest BCUT2D eigenvalue weighted by atomic mass is 10.1. The van der Waals surface area contributed by atoms with Gasteiger partial charge in [-0.3, -0.25) is 10.1 Å². The molecule has 0 saturated heterocycles. The number of nitro groups is 1. The normalized spacial score (nSPS) is 11.2. The predicted molar refractivity (Wildman–Crippen MR) is 87.7 cm³/mol. The molecule has 2 aromatic carbocycles. The second kappa shape index (κ2) is 7.41. The predicted octanol–water partition coefficient (Wildman–Crippen LogP) is 2.86. The first-order valence-electron chi connectivity index (χ1n) is 7.11. The zero-order valence-corrected chi connectivity index (χ0v) is 14.1. The van der Waals surface area contributed by atoms with Gasteiger partial charge in [0, 0.05) is 13.2 Å². The quantitative estimate of drug-likeness (QED) is 0.432.